The van der Waals surface area contributed by atoms with E-state index >= 15 is 0 Å². The molecule has 5 heteroatoms. The van der Waals surface area contributed by atoms with Crippen LogP contribution in [-0.4, -0.2) is 10.1 Å². The molecule has 2 rings (SSSR count). The molecule has 0 fully saturated rings. The lowest BCUT2D eigenvalue weighted by Gasteiger charge is -2.07. The van der Waals surface area contributed by atoms with Crippen LogP contribution in [0, 0.1) is 5.82 Å². The zero-order chi connectivity index (χ0) is 13.7. The Hall–Kier alpha value is -1.72. The molecule has 0 radical (unpaired) electrons. The van der Waals surface area contributed by atoms with Crippen molar-refractivity contribution < 1.29 is 13.3 Å². The number of hydrogen-bond acceptors (Lipinski definition) is 3. The summed E-state index contributed by atoms with van der Waals surface area (Å²) in [4.78, 5) is 0.271. The van der Waals surface area contributed by atoms with Crippen molar-refractivity contribution in [1.29, 1.82) is 0 Å². The van der Waals surface area contributed by atoms with E-state index in [-0.39, 0.29) is 10.8 Å². The number of rotatable bonds is 5. The lowest BCUT2D eigenvalue weighted by atomic mass is 10.2. The first-order chi connectivity index (χ1) is 9.16. The summed E-state index contributed by atoms with van der Waals surface area (Å²) in [7, 11) is -1.47. The second-order valence-electron chi connectivity index (χ2n) is 3.98. The lowest BCUT2D eigenvalue weighted by Crippen LogP contribution is -2.06. The van der Waals surface area contributed by atoms with Gasteiger partial charge >= 0.3 is 0 Å². The molecule has 1 atom stereocenters. The highest BCUT2D eigenvalue weighted by molar-refractivity contribution is 7.85. The van der Waals surface area contributed by atoms with E-state index in [9.17, 15) is 8.60 Å². The average Bonchev–Trinajstić information content (AvgIpc) is 2.42. The summed E-state index contributed by atoms with van der Waals surface area (Å²) >= 11 is 0. The average molecular weight is 279 g/mol. The number of nitrogen functional groups attached to an aromatic ring is 1. The second-order valence-corrected chi connectivity index (χ2v) is 5.35. The standard InChI is InChI=1S/C14H14FNO2S/c15-12-6-7-13(16)14(8-12)19(17)10-18-9-11-4-2-1-3-5-11/h1-8H,9-10,16H2. The Morgan fingerprint density at radius 1 is 1.16 bits per heavy atom. The van der Waals surface area contributed by atoms with Crippen molar-refractivity contribution in [2.24, 2.45) is 0 Å². The van der Waals surface area contributed by atoms with Gasteiger partial charge in [0.2, 0.25) is 0 Å². The van der Waals surface area contributed by atoms with Gasteiger partial charge in [-0.3, -0.25) is 4.21 Å². The molecule has 0 aliphatic rings. The zero-order valence-electron chi connectivity index (χ0n) is 10.2. The lowest BCUT2D eigenvalue weighted by molar-refractivity contribution is 0.166. The third kappa shape index (κ3) is 3.87. The summed E-state index contributed by atoms with van der Waals surface area (Å²) in [5, 5.41) is 0. The Bertz CT molecular complexity index is 575. The maximum absolute atomic E-state index is 13.1. The zero-order valence-corrected chi connectivity index (χ0v) is 11.0. The Labute approximate surface area is 113 Å². The molecule has 0 amide bonds. The molecule has 0 spiro atoms. The topological polar surface area (TPSA) is 52.3 Å². The number of hydrogen-bond donors (Lipinski definition) is 1. The highest BCUT2D eigenvalue weighted by atomic mass is 32.2. The molecule has 100 valence electrons. The van der Waals surface area contributed by atoms with E-state index in [0.29, 0.717) is 12.3 Å². The smallest absolute Gasteiger partial charge is 0.127 e. The monoisotopic (exact) mass is 279 g/mol. The first-order valence-electron chi connectivity index (χ1n) is 5.72. The SMILES string of the molecule is Nc1ccc(F)cc1S(=O)COCc1ccccc1. The molecule has 2 aromatic rings. The predicted molar refractivity (Wildman–Crippen MR) is 73.3 cm³/mol. The molecule has 0 aromatic heterocycles. The summed E-state index contributed by atoms with van der Waals surface area (Å²) in [6.07, 6.45) is 0. The van der Waals surface area contributed by atoms with Crippen LogP contribution >= 0.6 is 0 Å². The molecule has 0 saturated carbocycles. The normalized spacial score (nSPS) is 12.3. The van der Waals surface area contributed by atoms with Gasteiger partial charge in [0.15, 0.2) is 0 Å². The van der Waals surface area contributed by atoms with E-state index < -0.39 is 16.6 Å². The minimum Gasteiger partial charge on any atom is -0.398 e. The van der Waals surface area contributed by atoms with Crippen LogP contribution in [0.4, 0.5) is 10.1 Å². The summed E-state index contributed by atoms with van der Waals surface area (Å²) in [6, 6.07) is 13.4. The predicted octanol–water partition coefficient (Wildman–Crippen LogP) is 2.69. The number of anilines is 1. The van der Waals surface area contributed by atoms with Crippen LogP contribution < -0.4 is 5.73 Å². The molecule has 2 aromatic carbocycles. The fraction of sp³-hybridized carbons (Fsp3) is 0.143. The van der Waals surface area contributed by atoms with Gasteiger partial charge in [-0.15, -0.1) is 0 Å². The van der Waals surface area contributed by atoms with Crippen molar-refractivity contribution in [1.82, 2.24) is 0 Å². The first kappa shape index (κ1) is 13.7. The Morgan fingerprint density at radius 3 is 2.63 bits per heavy atom. The van der Waals surface area contributed by atoms with Gasteiger partial charge < -0.3 is 10.5 Å². The molecule has 0 aliphatic carbocycles. The molecular weight excluding hydrogens is 265 g/mol. The first-order valence-corrected chi connectivity index (χ1v) is 7.04. The van der Waals surface area contributed by atoms with Gasteiger partial charge in [-0.25, -0.2) is 4.39 Å². The van der Waals surface area contributed by atoms with Gasteiger partial charge in [-0.05, 0) is 23.8 Å². The van der Waals surface area contributed by atoms with E-state index in [1.165, 1.54) is 18.2 Å². The fourth-order valence-corrected chi connectivity index (χ4v) is 2.51. The number of nitrogens with two attached hydrogens (primary N) is 1. The Balaban J connectivity index is 1.93. The summed E-state index contributed by atoms with van der Waals surface area (Å²) in [6.45, 7) is 0.363. The van der Waals surface area contributed by atoms with E-state index in [0.717, 1.165) is 5.56 Å². The largest absolute Gasteiger partial charge is 0.398 e. The van der Waals surface area contributed by atoms with Crippen molar-refractivity contribution >= 4 is 16.5 Å². The fourth-order valence-electron chi connectivity index (χ4n) is 1.58. The van der Waals surface area contributed by atoms with Crippen LogP contribution in [0.15, 0.2) is 53.4 Å². The van der Waals surface area contributed by atoms with Gasteiger partial charge in [-0.1, -0.05) is 30.3 Å². The Morgan fingerprint density at radius 2 is 1.89 bits per heavy atom. The van der Waals surface area contributed by atoms with Crippen molar-refractivity contribution in [3.8, 4) is 0 Å². The second kappa shape index (κ2) is 6.45. The third-order valence-electron chi connectivity index (χ3n) is 2.52. The molecule has 19 heavy (non-hydrogen) atoms. The van der Waals surface area contributed by atoms with Crippen molar-refractivity contribution in [3.05, 3.63) is 59.9 Å². The molecule has 2 N–H and O–H groups in total. The van der Waals surface area contributed by atoms with Crippen LogP contribution in [0.3, 0.4) is 0 Å². The highest BCUT2D eigenvalue weighted by Gasteiger charge is 2.09. The Kier molecular flexibility index (Phi) is 4.65. The van der Waals surface area contributed by atoms with E-state index in [4.69, 9.17) is 10.5 Å². The van der Waals surface area contributed by atoms with Gasteiger partial charge in [0.1, 0.15) is 11.8 Å². The minimum atomic E-state index is -1.47. The molecule has 0 saturated heterocycles. The number of halogens is 1. The molecule has 3 nitrogen and oxygen atoms in total. The van der Waals surface area contributed by atoms with Gasteiger partial charge in [-0.2, -0.15) is 0 Å². The molecule has 0 aliphatic heterocycles. The molecule has 0 bridgehead atoms. The van der Waals surface area contributed by atoms with E-state index in [2.05, 4.69) is 0 Å². The summed E-state index contributed by atoms with van der Waals surface area (Å²) < 4.78 is 30.4. The van der Waals surface area contributed by atoms with Crippen molar-refractivity contribution in [3.63, 3.8) is 0 Å². The van der Waals surface area contributed by atoms with Crippen molar-refractivity contribution in [2.45, 2.75) is 11.5 Å². The van der Waals surface area contributed by atoms with Crippen LogP contribution in [-0.2, 0) is 22.1 Å². The molecule has 1 unspecified atom stereocenters. The maximum atomic E-state index is 13.1. The third-order valence-corrected chi connectivity index (χ3v) is 3.75. The van der Waals surface area contributed by atoms with Crippen molar-refractivity contribution in [2.75, 3.05) is 11.7 Å². The number of ether oxygens (including phenoxy) is 1. The van der Waals surface area contributed by atoms with Crippen LogP contribution in [0.25, 0.3) is 0 Å². The van der Waals surface area contributed by atoms with Gasteiger partial charge in [0.25, 0.3) is 0 Å². The molecular formula is C14H14FNO2S. The molecule has 0 heterocycles. The summed E-state index contributed by atoms with van der Waals surface area (Å²) in [5.74, 6) is -0.469. The van der Waals surface area contributed by atoms with Gasteiger partial charge in [0, 0.05) is 5.69 Å². The highest BCUT2D eigenvalue weighted by Crippen LogP contribution is 2.18. The van der Waals surface area contributed by atoms with E-state index in [1.54, 1.807) is 0 Å². The van der Waals surface area contributed by atoms with E-state index in [1.807, 2.05) is 30.3 Å². The van der Waals surface area contributed by atoms with Crippen LogP contribution in [0.1, 0.15) is 5.56 Å². The minimum absolute atomic E-state index is 0.0114. The maximum Gasteiger partial charge on any atom is 0.127 e. The van der Waals surface area contributed by atoms with Gasteiger partial charge in [0.05, 0.1) is 22.3 Å². The summed E-state index contributed by atoms with van der Waals surface area (Å²) in [5.41, 5.74) is 6.96. The quantitative estimate of drug-likeness (QED) is 0.856. The van der Waals surface area contributed by atoms with Crippen LogP contribution in [0.5, 0.6) is 0 Å². The number of benzene rings is 2. The van der Waals surface area contributed by atoms with Crippen LogP contribution in [0.2, 0.25) is 0 Å².